The highest BCUT2D eigenvalue weighted by molar-refractivity contribution is 5.92. The van der Waals surface area contributed by atoms with Crippen LogP contribution in [-0.4, -0.2) is 34.3 Å². The van der Waals surface area contributed by atoms with Crippen molar-refractivity contribution in [3.8, 4) is 0 Å². The number of carbonyl (C=O) groups is 2. The Labute approximate surface area is 218 Å². The van der Waals surface area contributed by atoms with Gasteiger partial charge in [-0.05, 0) is 61.1 Å². The summed E-state index contributed by atoms with van der Waals surface area (Å²) in [5.41, 5.74) is 4.26. The van der Waals surface area contributed by atoms with Gasteiger partial charge in [-0.1, -0.05) is 61.7 Å². The van der Waals surface area contributed by atoms with Crippen molar-refractivity contribution in [1.29, 1.82) is 0 Å². The Morgan fingerprint density at radius 1 is 1.00 bits per heavy atom. The highest BCUT2D eigenvalue weighted by atomic mass is 16.3. The van der Waals surface area contributed by atoms with E-state index in [-0.39, 0.29) is 24.3 Å². The molecule has 2 N–H and O–H groups in total. The second-order valence-corrected chi connectivity index (χ2v) is 10.1. The smallest absolute Gasteiger partial charge is 0.250 e. The lowest BCUT2D eigenvalue weighted by Crippen LogP contribution is -2.48. The average Bonchev–Trinajstić information content (AvgIpc) is 3.58. The molecule has 1 fully saturated rings. The minimum atomic E-state index is -0.821. The maximum absolute atomic E-state index is 14.0. The molecule has 0 bridgehead atoms. The molecule has 0 saturated heterocycles. The average molecular weight is 498 g/mol. The number of hydrogen-bond donors (Lipinski definition) is 2. The number of nitrogens with zero attached hydrogens (tertiary/aromatic N) is 1. The number of H-pyrrole nitrogens is 1. The standard InChI is InChI=1S/C31H35N3O3/c1-22-10-5-6-11-23(22)17-18-34(29(35)20-24-21-32-27-15-8-7-14-26(24)27)30(28-16-9-19-37-28)31(36)33-25-12-3-2-4-13-25/h5-11,14-16,19,21,25,30,32H,2-4,12-13,17-18,20H2,1H3,(H,33,36). The Hall–Kier alpha value is -3.80. The first-order valence-electron chi connectivity index (χ1n) is 13.3. The van der Waals surface area contributed by atoms with Gasteiger partial charge in [-0.25, -0.2) is 0 Å². The fourth-order valence-electron chi connectivity index (χ4n) is 5.47. The van der Waals surface area contributed by atoms with Gasteiger partial charge in [-0.2, -0.15) is 0 Å². The van der Waals surface area contributed by atoms with Crippen LogP contribution in [0.4, 0.5) is 0 Å². The van der Waals surface area contributed by atoms with Crippen molar-refractivity contribution in [2.24, 2.45) is 0 Å². The van der Waals surface area contributed by atoms with E-state index < -0.39 is 6.04 Å². The summed E-state index contributed by atoms with van der Waals surface area (Å²) in [4.78, 5) is 32.7. The molecular weight excluding hydrogens is 462 g/mol. The molecule has 192 valence electrons. The van der Waals surface area contributed by atoms with E-state index in [1.54, 1.807) is 23.3 Å². The zero-order chi connectivity index (χ0) is 25.6. The molecule has 0 spiro atoms. The van der Waals surface area contributed by atoms with E-state index in [0.29, 0.717) is 18.7 Å². The summed E-state index contributed by atoms with van der Waals surface area (Å²) in [6, 6.07) is 19.1. The number of furan rings is 1. The first-order chi connectivity index (χ1) is 18.1. The molecule has 2 aromatic carbocycles. The third-order valence-electron chi connectivity index (χ3n) is 7.54. The van der Waals surface area contributed by atoms with Crippen LogP contribution < -0.4 is 5.32 Å². The van der Waals surface area contributed by atoms with Gasteiger partial charge in [-0.15, -0.1) is 0 Å². The molecule has 0 aliphatic heterocycles. The monoisotopic (exact) mass is 497 g/mol. The Balaban J connectivity index is 1.45. The van der Waals surface area contributed by atoms with E-state index in [0.717, 1.165) is 42.1 Å². The lowest BCUT2D eigenvalue weighted by atomic mass is 9.95. The molecule has 37 heavy (non-hydrogen) atoms. The number of aryl methyl sites for hydroxylation is 1. The number of fused-ring (bicyclic) bond motifs is 1. The third kappa shape index (κ3) is 5.79. The summed E-state index contributed by atoms with van der Waals surface area (Å²) in [5, 5.41) is 4.27. The number of para-hydroxylation sites is 1. The van der Waals surface area contributed by atoms with Gasteiger partial charge in [0.25, 0.3) is 5.91 Å². The normalized spacial score (nSPS) is 14.9. The fourth-order valence-corrected chi connectivity index (χ4v) is 5.47. The van der Waals surface area contributed by atoms with Crippen molar-refractivity contribution in [2.45, 2.75) is 64.0 Å². The molecular formula is C31H35N3O3. The number of nitrogens with one attached hydrogen (secondary N) is 2. The number of benzene rings is 2. The molecule has 2 heterocycles. The second kappa shape index (κ2) is 11.5. The molecule has 1 aliphatic carbocycles. The first kappa shape index (κ1) is 24.9. The van der Waals surface area contributed by atoms with Crippen LogP contribution in [0.1, 0.15) is 60.6 Å². The summed E-state index contributed by atoms with van der Waals surface area (Å²) in [6.45, 7) is 2.49. The van der Waals surface area contributed by atoms with Crippen LogP contribution in [0.25, 0.3) is 10.9 Å². The van der Waals surface area contributed by atoms with E-state index >= 15 is 0 Å². The minimum Gasteiger partial charge on any atom is -0.467 e. The Kier molecular flexibility index (Phi) is 7.73. The van der Waals surface area contributed by atoms with E-state index in [1.165, 1.54) is 17.5 Å². The second-order valence-electron chi connectivity index (χ2n) is 10.1. The van der Waals surface area contributed by atoms with Crippen molar-refractivity contribution in [3.63, 3.8) is 0 Å². The number of aromatic nitrogens is 1. The van der Waals surface area contributed by atoms with Gasteiger partial charge in [0, 0.05) is 29.7 Å². The first-order valence-corrected chi connectivity index (χ1v) is 13.3. The number of amides is 2. The number of rotatable bonds is 9. The summed E-state index contributed by atoms with van der Waals surface area (Å²) in [5.74, 6) is 0.225. The minimum absolute atomic E-state index is 0.0986. The van der Waals surface area contributed by atoms with E-state index in [2.05, 4.69) is 29.4 Å². The van der Waals surface area contributed by atoms with Crippen molar-refractivity contribution >= 4 is 22.7 Å². The topological polar surface area (TPSA) is 78.3 Å². The molecule has 6 heteroatoms. The van der Waals surface area contributed by atoms with Crippen molar-refractivity contribution in [1.82, 2.24) is 15.2 Å². The Bertz CT molecular complexity index is 1330. The maximum atomic E-state index is 14.0. The van der Waals surface area contributed by atoms with Crippen LogP contribution in [0.5, 0.6) is 0 Å². The third-order valence-corrected chi connectivity index (χ3v) is 7.54. The van der Waals surface area contributed by atoms with Crippen LogP contribution in [0.15, 0.2) is 77.5 Å². The van der Waals surface area contributed by atoms with Crippen LogP contribution in [0.3, 0.4) is 0 Å². The van der Waals surface area contributed by atoms with E-state index in [4.69, 9.17) is 4.42 Å². The van der Waals surface area contributed by atoms with Crippen LogP contribution in [-0.2, 0) is 22.4 Å². The van der Waals surface area contributed by atoms with Gasteiger partial charge in [0.2, 0.25) is 5.91 Å². The molecule has 0 radical (unpaired) electrons. The van der Waals surface area contributed by atoms with Crippen LogP contribution in [0.2, 0.25) is 0 Å². The molecule has 5 rings (SSSR count). The Morgan fingerprint density at radius 3 is 2.57 bits per heavy atom. The van der Waals surface area contributed by atoms with E-state index in [1.807, 2.05) is 42.6 Å². The zero-order valence-electron chi connectivity index (χ0n) is 21.4. The maximum Gasteiger partial charge on any atom is 0.250 e. The largest absolute Gasteiger partial charge is 0.467 e. The molecule has 1 unspecified atom stereocenters. The van der Waals surface area contributed by atoms with Crippen LogP contribution in [0, 0.1) is 6.92 Å². The van der Waals surface area contributed by atoms with Crippen molar-refractivity contribution in [2.75, 3.05) is 6.54 Å². The molecule has 4 aromatic rings. The summed E-state index contributed by atoms with van der Waals surface area (Å²) in [7, 11) is 0. The summed E-state index contributed by atoms with van der Waals surface area (Å²) < 4.78 is 5.76. The molecule has 1 atom stereocenters. The van der Waals surface area contributed by atoms with Gasteiger partial charge < -0.3 is 19.6 Å². The van der Waals surface area contributed by atoms with E-state index in [9.17, 15) is 9.59 Å². The van der Waals surface area contributed by atoms with Gasteiger partial charge in [0.15, 0.2) is 6.04 Å². The Morgan fingerprint density at radius 2 is 1.78 bits per heavy atom. The number of aromatic amines is 1. The number of hydrogen-bond acceptors (Lipinski definition) is 3. The fraction of sp³-hybridized carbons (Fsp3) is 0.355. The van der Waals surface area contributed by atoms with Crippen LogP contribution >= 0.6 is 0 Å². The lowest BCUT2D eigenvalue weighted by molar-refractivity contribution is -0.141. The predicted molar refractivity (Wildman–Crippen MR) is 145 cm³/mol. The van der Waals surface area contributed by atoms with Gasteiger partial charge >= 0.3 is 0 Å². The highest BCUT2D eigenvalue weighted by Gasteiger charge is 2.35. The SMILES string of the molecule is Cc1ccccc1CCN(C(=O)Cc1c[nH]c2ccccc12)C(C(=O)NC1CCCCC1)c1ccco1. The van der Waals surface area contributed by atoms with Gasteiger partial charge in [0.1, 0.15) is 5.76 Å². The molecule has 2 amide bonds. The molecule has 6 nitrogen and oxygen atoms in total. The molecule has 1 aliphatic rings. The molecule has 1 saturated carbocycles. The quantitative estimate of drug-likeness (QED) is 0.303. The zero-order valence-corrected chi connectivity index (χ0v) is 21.4. The van der Waals surface area contributed by atoms with Gasteiger partial charge in [0.05, 0.1) is 12.7 Å². The predicted octanol–water partition coefficient (Wildman–Crippen LogP) is 5.87. The molecule has 2 aromatic heterocycles. The summed E-state index contributed by atoms with van der Waals surface area (Å²) in [6.07, 6.45) is 9.71. The summed E-state index contributed by atoms with van der Waals surface area (Å²) >= 11 is 0. The lowest BCUT2D eigenvalue weighted by Gasteiger charge is -2.32. The van der Waals surface area contributed by atoms with Crippen molar-refractivity contribution in [3.05, 3.63) is 95.6 Å². The van der Waals surface area contributed by atoms with Gasteiger partial charge in [-0.3, -0.25) is 9.59 Å². The highest BCUT2D eigenvalue weighted by Crippen LogP contribution is 2.27. The van der Waals surface area contributed by atoms with Crippen molar-refractivity contribution < 1.29 is 14.0 Å². The number of carbonyl (C=O) groups excluding carboxylic acids is 2.